The number of aliphatic hydroxyl groups is 1. The lowest BCUT2D eigenvalue weighted by atomic mass is 9.73. The number of nitrogens with zero attached hydrogens (tertiary/aromatic N) is 2. The molecule has 52 heavy (non-hydrogen) atoms. The molecule has 11 nitrogen and oxygen atoms in total. The fourth-order valence-corrected chi connectivity index (χ4v) is 6.05. The summed E-state index contributed by atoms with van der Waals surface area (Å²) < 4.78 is 6.19. The summed E-state index contributed by atoms with van der Waals surface area (Å²) in [5.41, 5.74) is 9.42. The van der Waals surface area contributed by atoms with E-state index < -0.39 is 0 Å². The molecule has 0 saturated carbocycles. The third-order valence-electron chi connectivity index (χ3n) is 7.90. The van der Waals surface area contributed by atoms with Crippen LogP contribution in [0.25, 0.3) is 0 Å². The molecule has 0 aromatic carbocycles. The number of carbonyl (C=O) groups excluding carboxylic acids is 3. The molecule has 0 bridgehead atoms. The van der Waals surface area contributed by atoms with E-state index in [-0.39, 0.29) is 58.8 Å². The standard InChI is InChI=1S/C32H62N4O4.C3H9N.C3H8O.C2H6.CH5N/c1-12-16-30(4,5)17-15-27(37)34-24-36(10,11)20-28(38)33-23-32(8,9)22-31(6,7)19-29(39)35-18-13-14-26(35)21-40-25(2)3;2*1-3(2)4;2*1-2/h25-26H,12-24H2,1-11H3,(H-,33,34,37,38);3H,4H2,1-2H3;3-4H,1-2H3;1-2H3;2H2,1H3/p+1. The molecule has 1 rings (SSSR count). The van der Waals surface area contributed by atoms with Crippen molar-refractivity contribution in [2.24, 2.45) is 27.7 Å². The second kappa shape index (κ2) is 29.6. The first-order chi connectivity index (χ1) is 23.7. The number of rotatable bonds is 18. The van der Waals surface area contributed by atoms with Crippen molar-refractivity contribution in [2.75, 3.05) is 54.1 Å². The maximum atomic E-state index is 13.2. The Morgan fingerprint density at radius 1 is 0.885 bits per heavy atom. The van der Waals surface area contributed by atoms with Crippen molar-refractivity contribution in [1.29, 1.82) is 0 Å². The molecule has 1 unspecified atom stereocenters. The van der Waals surface area contributed by atoms with E-state index in [4.69, 9.17) is 15.6 Å². The van der Waals surface area contributed by atoms with E-state index >= 15 is 0 Å². The Balaban J connectivity index is -0.000000840. The van der Waals surface area contributed by atoms with Crippen LogP contribution in [0.4, 0.5) is 0 Å². The fraction of sp³-hybridized carbons (Fsp3) is 0.927. The number of likely N-dealkylation sites (tertiary alicyclic amines) is 1. The molecule has 0 spiro atoms. The summed E-state index contributed by atoms with van der Waals surface area (Å²) in [6.07, 6.45) is 6.95. The quantitative estimate of drug-likeness (QED) is 0.0796. The molecule has 1 atom stereocenters. The van der Waals surface area contributed by atoms with E-state index in [9.17, 15) is 14.4 Å². The van der Waals surface area contributed by atoms with Crippen LogP contribution in [-0.4, -0.2) is 111 Å². The highest BCUT2D eigenvalue weighted by Crippen LogP contribution is 2.37. The van der Waals surface area contributed by atoms with Gasteiger partial charge in [-0.3, -0.25) is 14.4 Å². The average Bonchev–Trinajstić information content (AvgIpc) is 3.47. The molecule has 7 N–H and O–H groups in total. The van der Waals surface area contributed by atoms with Crippen molar-refractivity contribution in [2.45, 2.75) is 180 Å². The van der Waals surface area contributed by atoms with Crippen LogP contribution in [0.2, 0.25) is 0 Å². The van der Waals surface area contributed by atoms with Crippen LogP contribution >= 0.6 is 0 Å². The van der Waals surface area contributed by atoms with Crippen LogP contribution in [0, 0.1) is 16.2 Å². The highest BCUT2D eigenvalue weighted by molar-refractivity contribution is 5.78. The van der Waals surface area contributed by atoms with Gasteiger partial charge >= 0.3 is 0 Å². The minimum absolute atomic E-state index is 0.0321. The van der Waals surface area contributed by atoms with Crippen LogP contribution < -0.4 is 22.1 Å². The molecule has 11 heteroatoms. The van der Waals surface area contributed by atoms with Gasteiger partial charge < -0.3 is 41.3 Å². The zero-order chi connectivity index (χ0) is 41.9. The molecule has 1 aliphatic heterocycles. The molecule has 0 radical (unpaired) electrons. The largest absolute Gasteiger partial charge is 0.394 e. The van der Waals surface area contributed by atoms with Gasteiger partial charge in [-0.15, -0.1) is 0 Å². The molecule has 314 valence electrons. The molecule has 1 saturated heterocycles. The van der Waals surface area contributed by atoms with Crippen molar-refractivity contribution in [1.82, 2.24) is 15.5 Å². The highest BCUT2D eigenvalue weighted by atomic mass is 16.5. The first-order valence-corrected chi connectivity index (χ1v) is 20.0. The zero-order valence-corrected chi connectivity index (χ0v) is 37.6. The van der Waals surface area contributed by atoms with Gasteiger partial charge in [-0.2, -0.15) is 0 Å². The van der Waals surface area contributed by atoms with Crippen molar-refractivity contribution in [3.05, 3.63) is 0 Å². The lowest BCUT2D eigenvalue weighted by Gasteiger charge is -2.37. The number of amides is 3. The van der Waals surface area contributed by atoms with Gasteiger partial charge in [-0.25, -0.2) is 0 Å². The number of nitrogens with two attached hydrogens (primary N) is 2. The summed E-state index contributed by atoms with van der Waals surface area (Å²) in [6.45, 7) is 33.2. The van der Waals surface area contributed by atoms with Crippen molar-refractivity contribution < 1.29 is 28.7 Å². The maximum absolute atomic E-state index is 13.2. The maximum Gasteiger partial charge on any atom is 0.275 e. The second-order valence-corrected chi connectivity index (χ2v) is 17.8. The summed E-state index contributed by atoms with van der Waals surface area (Å²) in [7, 11) is 5.41. The Kier molecular flexibility index (Phi) is 32.4. The van der Waals surface area contributed by atoms with Crippen LogP contribution in [0.15, 0.2) is 0 Å². The number of nitrogens with one attached hydrogen (secondary N) is 2. The first-order valence-electron chi connectivity index (χ1n) is 20.0. The summed E-state index contributed by atoms with van der Waals surface area (Å²) in [6, 6.07) is 0.511. The molecule has 0 aliphatic carbocycles. The Morgan fingerprint density at radius 2 is 1.38 bits per heavy atom. The van der Waals surface area contributed by atoms with Crippen molar-refractivity contribution in [3.63, 3.8) is 0 Å². The number of ether oxygens (including phenoxy) is 1. The minimum Gasteiger partial charge on any atom is -0.394 e. The second-order valence-electron chi connectivity index (χ2n) is 17.8. The Labute approximate surface area is 322 Å². The monoisotopic (exact) mass is 748 g/mol. The van der Waals surface area contributed by atoms with Crippen LogP contribution in [0.1, 0.15) is 155 Å². The lowest BCUT2D eigenvalue weighted by molar-refractivity contribution is -0.884. The molecule has 0 aromatic rings. The van der Waals surface area contributed by atoms with Gasteiger partial charge in [0, 0.05) is 32.0 Å². The number of aliphatic hydroxyl groups excluding tert-OH is 1. The van der Waals surface area contributed by atoms with Crippen molar-refractivity contribution >= 4 is 17.7 Å². The third-order valence-corrected chi connectivity index (χ3v) is 7.90. The summed E-state index contributed by atoms with van der Waals surface area (Å²) in [5.74, 6) is 0.214. The van der Waals surface area contributed by atoms with Gasteiger partial charge in [0.25, 0.3) is 5.91 Å². The van der Waals surface area contributed by atoms with Crippen LogP contribution in [0.5, 0.6) is 0 Å². The highest BCUT2D eigenvalue weighted by Gasteiger charge is 2.36. The van der Waals surface area contributed by atoms with E-state index in [1.807, 2.05) is 60.5 Å². The Hall–Kier alpha value is -1.79. The average molecular weight is 748 g/mol. The predicted molar refractivity (Wildman–Crippen MR) is 222 cm³/mol. The minimum atomic E-state index is -0.192. The molecule has 1 aliphatic rings. The SMILES string of the molecule is CC.CC(C)N.CC(C)O.CCCC(C)(C)CCC(=O)NC[N+](C)(C)CC(=O)NCC(C)(C)CC(C)(C)CC(=O)N1CCCC1COC(C)C.CN. The fourth-order valence-electron chi connectivity index (χ4n) is 6.05. The first kappa shape index (κ1) is 56.9. The van der Waals surface area contributed by atoms with Crippen LogP contribution in [0.3, 0.4) is 0 Å². The molecule has 0 aromatic heterocycles. The molecule has 1 fully saturated rings. The number of hydrogen-bond donors (Lipinski definition) is 5. The van der Waals surface area contributed by atoms with Crippen LogP contribution in [-0.2, 0) is 19.1 Å². The molecule has 3 amide bonds. The van der Waals surface area contributed by atoms with Gasteiger partial charge in [-0.05, 0) is 89.1 Å². The van der Waals surface area contributed by atoms with E-state index in [0.717, 1.165) is 45.1 Å². The number of hydrogen-bond acceptors (Lipinski definition) is 7. The number of carbonyl (C=O) groups is 3. The van der Waals surface area contributed by atoms with Gasteiger partial charge in [0.2, 0.25) is 11.8 Å². The summed E-state index contributed by atoms with van der Waals surface area (Å²) in [4.78, 5) is 40.5. The normalized spacial score (nSPS) is 14.6. The summed E-state index contributed by atoms with van der Waals surface area (Å²) in [5, 5.41) is 14.2. The van der Waals surface area contributed by atoms with E-state index in [2.05, 4.69) is 64.8 Å². The Morgan fingerprint density at radius 3 is 1.85 bits per heavy atom. The van der Waals surface area contributed by atoms with Crippen molar-refractivity contribution in [3.8, 4) is 0 Å². The summed E-state index contributed by atoms with van der Waals surface area (Å²) >= 11 is 0. The third kappa shape index (κ3) is 35.3. The lowest BCUT2D eigenvalue weighted by Crippen LogP contribution is -2.53. The van der Waals surface area contributed by atoms with Gasteiger partial charge in [0.1, 0.15) is 0 Å². The van der Waals surface area contributed by atoms with Gasteiger partial charge in [-0.1, -0.05) is 82.6 Å². The number of likely N-dealkylation sites (N-methyl/N-ethyl adjacent to an activating group) is 1. The zero-order valence-electron chi connectivity index (χ0n) is 37.6. The molecular formula is C41H91N6O5+. The molecule has 1 heterocycles. The van der Waals surface area contributed by atoms with E-state index in [0.29, 0.717) is 43.2 Å². The van der Waals surface area contributed by atoms with Gasteiger partial charge in [0.05, 0.1) is 32.8 Å². The number of quaternary nitrogens is 1. The van der Waals surface area contributed by atoms with E-state index in [1.54, 1.807) is 13.8 Å². The predicted octanol–water partition coefficient (Wildman–Crippen LogP) is 6.45. The topological polar surface area (TPSA) is 160 Å². The Bertz CT molecular complexity index is 908. The molecular weight excluding hydrogens is 656 g/mol. The smallest absolute Gasteiger partial charge is 0.275 e. The van der Waals surface area contributed by atoms with E-state index in [1.165, 1.54) is 7.05 Å². The van der Waals surface area contributed by atoms with Gasteiger partial charge in [0.15, 0.2) is 13.2 Å².